The molecule has 17 heavy (non-hydrogen) atoms. The number of hydrogen-bond acceptors (Lipinski definition) is 2. The number of aryl methyl sites for hydroxylation is 1. The molecule has 0 aromatic carbocycles. The van der Waals surface area contributed by atoms with Gasteiger partial charge in [-0.3, -0.25) is 9.78 Å². The summed E-state index contributed by atoms with van der Waals surface area (Å²) in [5, 5.41) is 0. The first-order valence-electron chi connectivity index (χ1n) is 6.61. The summed E-state index contributed by atoms with van der Waals surface area (Å²) in [4.78, 5) is 16.5. The highest BCUT2D eigenvalue weighted by molar-refractivity contribution is 5.81. The second kappa shape index (κ2) is 4.99. The molecule has 0 unspecified atom stereocenters. The lowest BCUT2D eigenvalue weighted by Crippen LogP contribution is -2.16. The van der Waals surface area contributed by atoms with E-state index in [4.69, 9.17) is 0 Å². The van der Waals surface area contributed by atoms with Gasteiger partial charge in [0.05, 0.1) is 0 Å². The smallest absolute Gasteiger partial charge is 0.136 e. The molecule has 0 fully saturated rings. The van der Waals surface area contributed by atoms with Crippen molar-refractivity contribution in [3.8, 4) is 0 Å². The number of rotatable bonds is 2. The van der Waals surface area contributed by atoms with Gasteiger partial charge in [0.1, 0.15) is 5.78 Å². The van der Waals surface area contributed by atoms with Crippen LogP contribution in [0.3, 0.4) is 0 Å². The Morgan fingerprint density at radius 2 is 2.18 bits per heavy atom. The average Bonchev–Trinajstić information content (AvgIpc) is 2.48. The molecule has 1 aromatic heterocycles. The van der Waals surface area contributed by atoms with Gasteiger partial charge in [-0.15, -0.1) is 0 Å². The zero-order chi connectivity index (χ0) is 12.4. The van der Waals surface area contributed by atoms with Crippen molar-refractivity contribution >= 4 is 5.78 Å². The van der Waals surface area contributed by atoms with Gasteiger partial charge in [-0.1, -0.05) is 19.9 Å². The minimum Gasteiger partial charge on any atom is -0.299 e. The van der Waals surface area contributed by atoms with Crippen molar-refractivity contribution in [2.45, 2.75) is 52.4 Å². The number of carbonyl (C=O) groups excluding carboxylic acids is 1. The quantitative estimate of drug-likeness (QED) is 0.730. The van der Waals surface area contributed by atoms with E-state index in [1.807, 2.05) is 13.8 Å². The van der Waals surface area contributed by atoms with Crippen LogP contribution in [0.15, 0.2) is 12.1 Å². The van der Waals surface area contributed by atoms with Crippen LogP contribution in [0.5, 0.6) is 0 Å². The van der Waals surface area contributed by atoms with Gasteiger partial charge in [0, 0.05) is 23.7 Å². The molecule has 0 N–H and O–H groups in total. The Balaban J connectivity index is 2.33. The molecule has 2 rings (SSSR count). The van der Waals surface area contributed by atoms with E-state index in [0.29, 0.717) is 18.1 Å². The van der Waals surface area contributed by atoms with Gasteiger partial charge >= 0.3 is 0 Å². The number of ketones is 1. The van der Waals surface area contributed by atoms with Gasteiger partial charge in [0.2, 0.25) is 0 Å². The van der Waals surface area contributed by atoms with Crippen molar-refractivity contribution in [3.05, 3.63) is 29.1 Å². The fraction of sp³-hybridized carbons (Fsp3) is 0.600. The maximum Gasteiger partial charge on any atom is 0.136 e. The first-order chi connectivity index (χ1) is 8.11. The van der Waals surface area contributed by atoms with E-state index < -0.39 is 0 Å². The summed E-state index contributed by atoms with van der Waals surface area (Å²) in [5.74, 6) is 1.12. The Labute approximate surface area is 103 Å². The molecule has 2 atom stereocenters. The van der Waals surface area contributed by atoms with Crippen molar-refractivity contribution in [2.75, 3.05) is 0 Å². The molecule has 92 valence electrons. The number of pyridine rings is 1. The lowest BCUT2D eigenvalue weighted by molar-refractivity contribution is -0.122. The highest BCUT2D eigenvalue weighted by Crippen LogP contribution is 2.32. The second-order valence-electron chi connectivity index (χ2n) is 5.19. The van der Waals surface area contributed by atoms with Crippen molar-refractivity contribution in [1.82, 2.24) is 4.98 Å². The summed E-state index contributed by atoms with van der Waals surface area (Å²) >= 11 is 0. The lowest BCUT2D eigenvalue weighted by Gasteiger charge is -2.12. The highest BCUT2D eigenvalue weighted by Gasteiger charge is 2.25. The van der Waals surface area contributed by atoms with Crippen LogP contribution in [0.4, 0.5) is 0 Å². The van der Waals surface area contributed by atoms with Gasteiger partial charge in [-0.05, 0) is 43.7 Å². The van der Waals surface area contributed by atoms with Crippen LogP contribution in [0.1, 0.15) is 56.0 Å². The first-order valence-corrected chi connectivity index (χ1v) is 6.61. The molecular weight excluding hydrogens is 210 g/mol. The Kier molecular flexibility index (Phi) is 3.60. The fourth-order valence-electron chi connectivity index (χ4n) is 2.74. The molecule has 0 spiro atoms. The van der Waals surface area contributed by atoms with Gasteiger partial charge in [0.15, 0.2) is 0 Å². The van der Waals surface area contributed by atoms with Crippen molar-refractivity contribution < 1.29 is 4.79 Å². The van der Waals surface area contributed by atoms with E-state index in [9.17, 15) is 4.79 Å². The fourth-order valence-corrected chi connectivity index (χ4v) is 2.74. The van der Waals surface area contributed by atoms with E-state index in [1.54, 1.807) is 0 Å². The van der Waals surface area contributed by atoms with Crippen LogP contribution in [0, 0.1) is 12.8 Å². The van der Waals surface area contributed by atoms with E-state index in [-0.39, 0.29) is 5.92 Å². The topological polar surface area (TPSA) is 30.0 Å². The monoisotopic (exact) mass is 231 g/mol. The molecule has 0 bridgehead atoms. The molecule has 1 aliphatic rings. The number of fused-ring (bicyclic) bond motifs is 1. The summed E-state index contributed by atoms with van der Waals surface area (Å²) in [5.41, 5.74) is 3.56. The Morgan fingerprint density at radius 3 is 2.88 bits per heavy atom. The molecular formula is C15H21NO. The molecule has 2 nitrogen and oxygen atoms in total. The third kappa shape index (κ3) is 2.56. The summed E-state index contributed by atoms with van der Waals surface area (Å²) in [7, 11) is 0. The van der Waals surface area contributed by atoms with Gasteiger partial charge in [-0.2, -0.15) is 0 Å². The standard InChI is InChI=1S/C15H21NO/c1-4-15(17)12-7-5-10(2)13-8-6-11(3)16-14(13)9-12/h6,8,10,12H,4-5,7,9H2,1-3H3/t10-,12-/m0/s1. The van der Waals surface area contributed by atoms with Crippen molar-refractivity contribution in [3.63, 3.8) is 0 Å². The van der Waals surface area contributed by atoms with Crippen molar-refractivity contribution in [2.24, 2.45) is 5.92 Å². The molecule has 2 heteroatoms. The zero-order valence-electron chi connectivity index (χ0n) is 11.0. The van der Waals surface area contributed by atoms with E-state index in [2.05, 4.69) is 24.0 Å². The molecule has 0 aliphatic heterocycles. The Bertz CT molecular complexity index is 425. The molecule has 0 radical (unpaired) electrons. The Hall–Kier alpha value is -1.18. The highest BCUT2D eigenvalue weighted by atomic mass is 16.1. The second-order valence-corrected chi connectivity index (χ2v) is 5.19. The van der Waals surface area contributed by atoms with Crippen LogP contribution in [-0.4, -0.2) is 10.8 Å². The van der Waals surface area contributed by atoms with Crippen LogP contribution < -0.4 is 0 Å². The van der Waals surface area contributed by atoms with Crippen LogP contribution in [-0.2, 0) is 11.2 Å². The minimum absolute atomic E-state index is 0.193. The number of nitrogens with zero attached hydrogens (tertiary/aromatic N) is 1. The maximum atomic E-state index is 11.9. The SMILES string of the molecule is CCC(=O)[C@H]1CC[C@H](C)c2ccc(C)nc2C1. The van der Waals surface area contributed by atoms with Crippen LogP contribution in [0.25, 0.3) is 0 Å². The number of carbonyl (C=O) groups is 1. The summed E-state index contributed by atoms with van der Waals surface area (Å²) in [6, 6.07) is 4.28. The summed E-state index contributed by atoms with van der Waals surface area (Å²) in [6.07, 6.45) is 3.62. The molecule has 1 heterocycles. The first kappa shape index (κ1) is 12.3. The van der Waals surface area contributed by atoms with Crippen molar-refractivity contribution in [1.29, 1.82) is 0 Å². The molecule has 0 amide bonds. The number of aromatic nitrogens is 1. The molecule has 1 aliphatic carbocycles. The van der Waals surface area contributed by atoms with Gasteiger partial charge < -0.3 is 0 Å². The third-order valence-electron chi connectivity index (χ3n) is 3.87. The van der Waals surface area contributed by atoms with E-state index in [1.165, 1.54) is 5.56 Å². The lowest BCUT2D eigenvalue weighted by atomic mass is 9.93. The number of Topliss-reactive ketones (excluding diaryl/α,β-unsaturated/α-hetero) is 1. The third-order valence-corrected chi connectivity index (χ3v) is 3.87. The molecule has 0 saturated carbocycles. The average molecular weight is 231 g/mol. The number of hydrogen-bond donors (Lipinski definition) is 0. The summed E-state index contributed by atoms with van der Waals surface area (Å²) in [6.45, 7) is 6.22. The largest absolute Gasteiger partial charge is 0.299 e. The molecule has 0 saturated heterocycles. The van der Waals surface area contributed by atoms with Crippen LogP contribution in [0.2, 0.25) is 0 Å². The van der Waals surface area contributed by atoms with E-state index in [0.717, 1.165) is 30.7 Å². The summed E-state index contributed by atoms with van der Waals surface area (Å²) < 4.78 is 0. The zero-order valence-corrected chi connectivity index (χ0v) is 11.0. The van der Waals surface area contributed by atoms with Gasteiger partial charge in [-0.25, -0.2) is 0 Å². The predicted octanol–water partition coefficient (Wildman–Crippen LogP) is 3.43. The minimum atomic E-state index is 0.193. The normalized spacial score (nSPS) is 23.9. The Morgan fingerprint density at radius 1 is 1.41 bits per heavy atom. The van der Waals surface area contributed by atoms with Crippen LogP contribution >= 0.6 is 0 Å². The van der Waals surface area contributed by atoms with Gasteiger partial charge in [0.25, 0.3) is 0 Å². The predicted molar refractivity (Wildman–Crippen MR) is 69.1 cm³/mol. The van der Waals surface area contributed by atoms with E-state index >= 15 is 0 Å². The molecule has 1 aromatic rings. The maximum absolute atomic E-state index is 11.9.